The summed E-state index contributed by atoms with van der Waals surface area (Å²) >= 11 is 0. The third kappa shape index (κ3) is 7.38. The number of rotatable bonds is 12. The molecule has 0 spiro atoms. The molecule has 1 fully saturated rings. The lowest BCUT2D eigenvalue weighted by molar-refractivity contribution is -0.140. The van der Waals surface area contributed by atoms with E-state index in [1.54, 1.807) is 14.1 Å². The number of anilines is 2. The second kappa shape index (κ2) is 16.2. The van der Waals surface area contributed by atoms with E-state index in [9.17, 15) is 18.3 Å². The van der Waals surface area contributed by atoms with Crippen LogP contribution in [0.25, 0.3) is 21.9 Å². The van der Waals surface area contributed by atoms with E-state index in [1.165, 1.54) is 8.61 Å². The molecule has 4 aromatic carbocycles. The number of aryl methyl sites for hydroxylation is 1. The van der Waals surface area contributed by atoms with Gasteiger partial charge in [0.2, 0.25) is 0 Å². The molecule has 1 N–H and O–H groups in total. The van der Waals surface area contributed by atoms with Crippen LogP contribution in [0.1, 0.15) is 30.5 Å². The van der Waals surface area contributed by atoms with Crippen LogP contribution in [0.2, 0.25) is 0 Å². The molecule has 0 bridgehead atoms. The first-order chi connectivity index (χ1) is 28.0. The van der Waals surface area contributed by atoms with Crippen molar-refractivity contribution in [1.29, 1.82) is 0 Å². The van der Waals surface area contributed by atoms with Gasteiger partial charge in [-0.2, -0.15) is 22.1 Å². The van der Waals surface area contributed by atoms with E-state index in [4.69, 9.17) is 9.47 Å². The quantitative estimate of drug-likeness (QED) is 0.163. The van der Waals surface area contributed by atoms with Crippen LogP contribution in [0.5, 0.6) is 11.5 Å². The van der Waals surface area contributed by atoms with Gasteiger partial charge < -0.3 is 29.3 Å². The van der Waals surface area contributed by atoms with Gasteiger partial charge in [-0.3, -0.25) is 4.68 Å². The Morgan fingerprint density at radius 3 is 2.38 bits per heavy atom. The number of piperazine rings is 1. The number of carbonyl (C=O) groups is 1. The topological polar surface area (TPSA) is 124 Å². The highest BCUT2D eigenvalue weighted by atomic mass is 32.2. The van der Waals surface area contributed by atoms with Crippen molar-refractivity contribution in [3.63, 3.8) is 0 Å². The zero-order valence-electron chi connectivity index (χ0n) is 33.8. The Morgan fingerprint density at radius 1 is 0.879 bits per heavy atom. The van der Waals surface area contributed by atoms with E-state index in [0.29, 0.717) is 57.9 Å². The van der Waals surface area contributed by atoms with Crippen LogP contribution in [-0.2, 0) is 34.0 Å². The fourth-order valence-corrected chi connectivity index (χ4v) is 10.2. The van der Waals surface area contributed by atoms with Crippen LogP contribution >= 0.6 is 0 Å². The number of benzene rings is 4. The fourth-order valence-electron chi connectivity index (χ4n) is 9.14. The number of carboxylic acids is 1. The van der Waals surface area contributed by atoms with Crippen LogP contribution in [0, 0.1) is 0 Å². The molecule has 0 aliphatic carbocycles. The molecule has 5 aromatic rings. The summed E-state index contributed by atoms with van der Waals surface area (Å²) in [5.41, 5.74) is 5.04. The van der Waals surface area contributed by atoms with Crippen LogP contribution in [0.3, 0.4) is 0 Å². The zero-order valence-corrected chi connectivity index (χ0v) is 34.6. The Balaban J connectivity index is 1.11. The van der Waals surface area contributed by atoms with Crippen molar-refractivity contribution in [3.8, 4) is 22.6 Å². The normalized spacial score (nSPS) is 20.3. The van der Waals surface area contributed by atoms with Gasteiger partial charge in [0.1, 0.15) is 24.1 Å². The lowest BCUT2D eigenvalue weighted by Gasteiger charge is -2.37. The lowest BCUT2D eigenvalue weighted by atomic mass is 9.73. The number of aromatic nitrogens is 2. The second-order valence-electron chi connectivity index (χ2n) is 15.9. The number of carboxylic acid groups (broad SMARTS) is 1. The second-order valence-corrected chi connectivity index (χ2v) is 18.0. The van der Waals surface area contributed by atoms with Crippen molar-refractivity contribution < 1.29 is 27.8 Å². The Kier molecular flexibility index (Phi) is 11.1. The Hall–Kier alpha value is -5.15. The molecule has 0 saturated carbocycles. The number of para-hydroxylation sites is 1. The summed E-state index contributed by atoms with van der Waals surface area (Å²) in [4.78, 5) is 20.4. The summed E-state index contributed by atoms with van der Waals surface area (Å²) in [6.07, 6.45) is 3.81. The third-order valence-electron chi connectivity index (χ3n) is 12.1. The third-order valence-corrected chi connectivity index (χ3v) is 14.1. The van der Waals surface area contributed by atoms with Gasteiger partial charge in [-0.05, 0) is 74.1 Å². The van der Waals surface area contributed by atoms with Crippen LogP contribution in [-0.4, -0.2) is 122 Å². The summed E-state index contributed by atoms with van der Waals surface area (Å²) < 4.78 is 43.2. The highest BCUT2D eigenvalue weighted by molar-refractivity contribution is 7.86. The van der Waals surface area contributed by atoms with Crippen molar-refractivity contribution in [3.05, 3.63) is 102 Å². The highest BCUT2D eigenvalue weighted by Gasteiger charge is 2.56. The molecule has 1 saturated heterocycles. The molecule has 306 valence electrons. The van der Waals surface area contributed by atoms with E-state index < -0.39 is 27.6 Å². The first-order valence-electron chi connectivity index (χ1n) is 20.1. The molecule has 2 unspecified atom stereocenters. The number of ether oxygens (including phenoxy) is 2. The van der Waals surface area contributed by atoms with Crippen molar-refractivity contribution in [2.24, 2.45) is 7.05 Å². The van der Waals surface area contributed by atoms with Crippen LogP contribution < -0.4 is 19.3 Å². The van der Waals surface area contributed by atoms with Gasteiger partial charge in [0.25, 0.3) is 10.2 Å². The standard InChI is InChI=1S/C44H53N7O6S/c1-46(2)58(54,55)50-26-24-49(25-27-50)33-17-19-34(20-18-33)57-31-44(21-9-28-56-40-16-7-12-32-11-5-6-13-35(32)40)38-15-8-14-36-37-29-45-48(4)39(37)30-47(3)22-10-23-51(41(36)38)42(44)43(52)53/h5-8,11-20,29,42H,9-10,21-28,30-31H2,1-4H3,(H,52,53). The van der Waals surface area contributed by atoms with Gasteiger partial charge in [0.05, 0.1) is 23.9 Å². The summed E-state index contributed by atoms with van der Waals surface area (Å²) in [6.45, 7) is 4.61. The van der Waals surface area contributed by atoms with E-state index in [0.717, 1.165) is 69.8 Å². The molecule has 4 heterocycles. The van der Waals surface area contributed by atoms with E-state index >= 15 is 0 Å². The molecule has 1 aromatic heterocycles. The monoisotopic (exact) mass is 807 g/mol. The number of aliphatic carboxylic acids is 1. The molecule has 8 rings (SSSR count). The Morgan fingerprint density at radius 2 is 1.62 bits per heavy atom. The molecule has 3 aliphatic rings. The Labute approximate surface area is 341 Å². The van der Waals surface area contributed by atoms with Crippen molar-refractivity contribution in [2.45, 2.75) is 37.3 Å². The highest BCUT2D eigenvalue weighted by Crippen LogP contribution is 2.53. The smallest absolute Gasteiger partial charge is 0.327 e. The van der Waals surface area contributed by atoms with Gasteiger partial charge in [-0.1, -0.05) is 54.6 Å². The maximum Gasteiger partial charge on any atom is 0.327 e. The molecule has 3 aliphatic heterocycles. The van der Waals surface area contributed by atoms with Gasteiger partial charge in [-0.15, -0.1) is 0 Å². The average molecular weight is 808 g/mol. The number of fused-ring (bicyclic) bond motifs is 3. The van der Waals surface area contributed by atoms with Crippen molar-refractivity contribution >= 4 is 38.3 Å². The molecular weight excluding hydrogens is 755 g/mol. The average Bonchev–Trinajstić information content (AvgIpc) is 3.73. The minimum atomic E-state index is -3.47. The van der Waals surface area contributed by atoms with E-state index in [-0.39, 0.29) is 6.61 Å². The SMILES string of the molecule is CN1CCCN2c3c(cccc3C(CCCOc3cccc4ccccc34)(COc3ccc(N4CCN(S(=O)(=O)N(C)C)CC4)cc3)C2C(=O)O)-c2cnn(C)c2C1. The predicted molar refractivity (Wildman–Crippen MR) is 227 cm³/mol. The summed E-state index contributed by atoms with van der Waals surface area (Å²) in [7, 11) is 3.71. The van der Waals surface area contributed by atoms with Gasteiger partial charge in [-0.25, -0.2) is 4.79 Å². The molecule has 2 atom stereocenters. The molecule has 0 amide bonds. The summed E-state index contributed by atoms with van der Waals surface area (Å²) in [5.74, 6) is 0.558. The molecule has 0 radical (unpaired) electrons. The fraction of sp³-hybridized carbons (Fsp3) is 0.409. The largest absolute Gasteiger partial charge is 0.493 e. The Bertz CT molecular complexity index is 2370. The molecule has 13 nitrogen and oxygen atoms in total. The first kappa shape index (κ1) is 39.7. The number of hydrogen-bond donors (Lipinski definition) is 1. The number of hydrogen-bond acceptors (Lipinski definition) is 9. The zero-order chi connectivity index (χ0) is 40.6. The van der Waals surface area contributed by atoms with E-state index in [2.05, 4.69) is 57.2 Å². The number of nitrogens with zero attached hydrogens (tertiary/aromatic N) is 7. The van der Waals surface area contributed by atoms with Crippen molar-refractivity contribution in [2.75, 3.05) is 83.4 Å². The van der Waals surface area contributed by atoms with Gasteiger partial charge in [0.15, 0.2) is 0 Å². The maximum atomic E-state index is 13.8. The summed E-state index contributed by atoms with van der Waals surface area (Å²) in [6, 6.07) is 27.4. The first-order valence-corrected chi connectivity index (χ1v) is 21.5. The minimum absolute atomic E-state index is 0.144. The van der Waals surface area contributed by atoms with Crippen LogP contribution in [0.4, 0.5) is 11.4 Å². The maximum absolute atomic E-state index is 13.8. The van der Waals surface area contributed by atoms with Crippen LogP contribution in [0.15, 0.2) is 91.1 Å². The minimum Gasteiger partial charge on any atom is -0.493 e. The molecule has 14 heteroatoms. The van der Waals surface area contributed by atoms with Crippen molar-refractivity contribution in [1.82, 2.24) is 23.3 Å². The molecular formula is C44H53N7O6S. The predicted octanol–water partition coefficient (Wildman–Crippen LogP) is 5.45. The van der Waals surface area contributed by atoms with E-state index in [1.807, 2.05) is 72.5 Å². The van der Waals surface area contributed by atoms with Gasteiger partial charge >= 0.3 is 5.97 Å². The molecule has 58 heavy (non-hydrogen) atoms. The van der Waals surface area contributed by atoms with Gasteiger partial charge in [0, 0.05) is 88.3 Å². The lowest BCUT2D eigenvalue weighted by Crippen LogP contribution is -2.53. The summed E-state index contributed by atoms with van der Waals surface area (Å²) in [5, 5.41) is 18.1.